The number of carbonyl (C=O) groups is 2. The van der Waals surface area contributed by atoms with Crippen LogP contribution in [0.4, 0.5) is 0 Å². The predicted octanol–water partition coefficient (Wildman–Crippen LogP) is 2.98. The van der Waals surface area contributed by atoms with Crippen molar-refractivity contribution in [1.29, 1.82) is 0 Å². The van der Waals surface area contributed by atoms with Gasteiger partial charge in [0, 0.05) is 23.9 Å². The second-order valence-corrected chi connectivity index (χ2v) is 6.91. The van der Waals surface area contributed by atoms with Gasteiger partial charge < -0.3 is 14.7 Å². The molecule has 1 aromatic carbocycles. The molecule has 1 N–H and O–H groups in total. The first kappa shape index (κ1) is 16.0. The average molecular weight is 333 g/mol. The Morgan fingerprint density at radius 2 is 2.09 bits per heavy atom. The lowest BCUT2D eigenvalue weighted by molar-refractivity contribution is -0.137. The number of methoxy groups -OCH3 is 1. The summed E-state index contributed by atoms with van der Waals surface area (Å²) < 4.78 is 6.28. The van der Waals surface area contributed by atoms with E-state index in [9.17, 15) is 9.59 Å². The molecule has 5 nitrogen and oxygen atoms in total. The van der Waals surface area contributed by atoms with Crippen molar-refractivity contribution in [3.05, 3.63) is 34.7 Å². The molecule has 0 spiro atoms. The van der Waals surface area contributed by atoms with Crippen LogP contribution in [0.2, 0.25) is 0 Å². The van der Waals surface area contributed by atoms with Crippen molar-refractivity contribution in [2.75, 3.05) is 20.2 Å². The number of aliphatic carboxylic acids is 1. The van der Waals surface area contributed by atoms with Gasteiger partial charge >= 0.3 is 5.97 Å². The molecular formula is C17H19NO4S. The van der Waals surface area contributed by atoms with Crippen LogP contribution in [0.25, 0.3) is 10.1 Å². The first-order valence-electron chi connectivity index (χ1n) is 7.60. The maximum atomic E-state index is 12.9. The molecule has 0 radical (unpaired) electrons. The number of hydrogen-bond donors (Lipinski definition) is 1. The lowest BCUT2D eigenvalue weighted by Crippen LogP contribution is -2.37. The normalized spacial score (nSPS) is 14.1. The summed E-state index contributed by atoms with van der Waals surface area (Å²) in [6.07, 6.45) is 2.14. The Hall–Kier alpha value is -1.92. The first-order chi connectivity index (χ1) is 11.1. The molecule has 3 rings (SSSR count). The summed E-state index contributed by atoms with van der Waals surface area (Å²) in [5.74, 6) is -0.737. The smallest absolute Gasteiger partial charge is 0.323 e. The third-order valence-corrected chi connectivity index (χ3v) is 5.17. The summed E-state index contributed by atoms with van der Waals surface area (Å²) in [7, 11) is 1.60. The molecule has 0 saturated heterocycles. The van der Waals surface area contributed by atoms with E-state index in [0.717, 1.165) is 28.5 Å². The van der Waals surface area contributed by atoms with Crippen LogP contribution < -0.4 is 0 Å². The topological polar surface area (TPSA) is 66.8 Å². The molecular weight excluding hydrogens is 314 g/mol. The van der Waals surface area contributed by atoms with Gasteiger partial charge in [0.05, 0.1) is 11.5 Å². The van der Waals surface area contributed by atoms with Crippen molar-refractivity contribution in [2.24, 2.45) is 5.92 Å². The molecule has 1 aliphatic rings. The number of benzene rings is 1. The third kappa shape index (κ3) is 3.54. The van der Waals surface area contributed by atoms with Gasteiger partial charge in [0.15, 0.2) is 0 Å². The van der Waals surface area contributed by atoms with E-state index >= 15 is 0 Å². The van der Waals surface area contributed by atoms with Crippen molar-refractivity contribution in [3.63, 3.8) is 0 Å². The van der Waals surface area contributed by atoms with Crippen molar-refractivity contribution in [3.8, 4) is 0 Å². The Kier molecular flexibility index (Phi) is 4.63. The molecule has 1 saturated carbocycles. The average Bonchev–Trinajstić information content (AvgIpc) is 3.27. The van der Waals surface area contributed by atoms with E-state index < -0.39 is 5.97 Å². The van der Waals surface area contributed by atoms with Gasteiger partial charge in [-0.25, -0.2) is 0 Å². The highest BCUT2D eigenvalue weighted by Gasteiger charge is 2.30. The first-order valence-corrected chi connectivity index (χ1v) is 8.42. The van der Waals surface area contributed by atoms with Gasteiger partial charge in [-0.05, 0) is 30.2 Å². The second-order valence-electron chi connectivity index (χ2n) is 5.86. The second kappa shape index (κ2) is 6.68. The number of rotatable bonds is 7. The molecule has 0 aliphatic heterocycles. The van der Waals surface area contributed by atoms with Gasteiger partial charge in [-0.15, -0.1) is 11.3 Å². The highest BCUT2D eigenvalue weighted by atomic mass is 32.1. The third-order valence-electron chi connectivity index (χ3n) is 3.97. The van der Waals surface area contributed by atoms with Gasteiger partial charge in [-0.2, -0.15) is 0 Å². The van der Waals surface area contributed by atoms with E-state index in [0.29, 0.717) is 23.9 Å². The number of hydrogen-bond acceptors (Lipinski definition) is 4. The molecule has 122 valence electrons. The molecule has 0 unspecified atom stereocenters. The number of amides is 1. The van der Waals surface area contributed by atoms with Crippen LogP contribution in [0.5, 0.6) is 0 Å². The summed E-state index contributed by atoms with van der Waals surface area (Å²) in [6, 6.07) is 7.81. The fourth-order valence-electron chi connectivity index (χ4n) is 2.70. The molecule has 6 heteroatoms. The maximum absolute atomic E-state index is 12.9. The molecule has 1 amide bonds. The maximum Gasteiger partial charge on any atom is 0.323 e. The van der Waals surface area contributed by atoms with Gasteiger partial charge in [0.1, 0.15) is 6.54 Å². The summed E-state index contributed by atoms with van der Waals surface area (Å²) in [4.78, 5) is 26.1. The SMILES string of the molecule is COCc1c(C(=O)N(CC(=O)O)CC2CC2)sc2ccccc12. The molecule has 1 heterocycles. The van der Waals surface area contributed by atoms with Crippen LogP contribution in [0, 0.1) is 5.92 Å². The number of ether oxygens (including phenoxy) is 1. The zero-order valence-corrected chi connectivity index (χ0v) is 13.8. The Bertz CT molecular complexity index is 735. The molecule has 0 atom stereocenters. The fourth-order valence-corrected chi connectivity index (χ4v) is 3.87. The van der Waals surface area contributed by atoms with Crippen molar-refractivity contribution >= 4 is 33.3 Å². The molecule has 1 aliphatic carbocycles. The van der Waals surface area contributed by atoms with E-state index in [2.05, 4.69) is 0 Å². The minimum absolute atomic E-state index is 0.201. The number of carboxylic acid groups (broad SMARTS) is 1. The Balaban J connectivity index is 1.96. The highest BCUT2D eigenvalue weighted by molar-refractivity contribution is 7.21. The van der Waals surface area contributed by atoms with Crippen LogP contribution >= 0.6 is 11.3 Å². The molecule has 1 aromatic heterocycles. The predicted molar refractivity (Wildman–Crippen MR) is 88.8 cm³/mol. The highest BCUT2D eigenvalue weighted by Crippen LogP contribution is 2.34. The molecule has 0 bridgehead atoms. The van der Waals surface area contributed by atoms with E-state index in [1.54, 1.807) is 7.11 Å². The summed E-state index contributed by atoms with van der Waals surface area (Å²) >= 11 is 1.41. The van der Waals surface area contributed by atoms with Gasteiger partial charge in [0.25, 0.3) is 5.91 Å². The molecule has 1 fully saturated rings. The number of carboxylic acids is 1. The van der Waals surface area contributed by atoms with Crippen LogP contribution in [0.3, 0.4) is 0 Å². The van der Waals surface area contributed by atoms with Crippen molar-refractivity contribution in [1.82, 2.24) is 4.90 Å². The fraction of sp³-hybridized carbons (Fsp3) is 0.412. The van der Waals surface area contributed by atoms with E-state index in [-0.39, 0.29) is 12.5 Å². The van der Waals surface area contributed by atoms with Crippen LogP contribution in [-0.4, -0.2) is 42.1 Å². The van der Waals surface area contributed by atoms with Gasteiger partial charge in [-0.1, -0.05) is 18.2 Å². The van der Waals surface area contributed by atoms with Crippen molar-refractivity contribution in [2.45, 2.75) is 19.4 Å². The number of fused-ring (bicyclic) bond motifs is 1. The quantitative estimate of drug-likeness (QED) is 0.846. The summed E-state index contributed by atoms with van der Waals surface area (Å²) in [6.45, 7) is 0.608. The minimum atomic E-state index is -0.978. The zero-order valence-electron chi connectivity index (χ0n) is 12.9. The van der Waals surface area contributed by atoms with Crippen molar-refractivity contribution < 1.29 is 19.4 Å². The van der Waals surface area contributed by atoms with E-state index in [1.165, 1.54) is 16.2 Å². The Labute approximate surface area is 138 Å². The van der Waals surface area contributed by atoms with E-state index in [4.69, 9.17) is 9.84 Å². The lowest BCUT2D eigenvalue weighted by Gasteiger charge is -2.20. The van der Waals surface area contributed by atoms with Gasteiger partial charge in [0.2, 0.25) is 0 Å². The van der Waals surface area contributed by atoms with Crippen LogP contribution in [-0.2, 0) is 16.1 Å². The zero-order chi connectivity index (χ0) is 16.4. The van der Waals surface area contributed by atoms with Crippen LogP contribution in [0.15, 0.2) is 24.3 Å². The lowest BCUT2D eigenvalue weighted by atomic mass is 10.1. The summed E-state index contributed by atoms with van der Waals surface area (Å²) in [5.41, 5.74) is 0.851. The number of carbonyl (C=O) groups excluding carboxylic acids is 1. The number of thiophene rings is 1. The summed E-state index contributed by atoms with van der Waals surface area (Å²) in [5, 5.41) is 10.1. The van der Waals surface area contributed by atoms with Gasteiger partial charge in [-0.3, -0.25) is 9.59 Å². The van der Waals surface area contributed by atoms with E-state index in [1.807, 2.05) is 24.3 Å². The number of nitrogens with zero attached hydrogens (tertiary/aromatic N) is 1. The Morgan fingerprint density at radius 3 is 2.74 bits per heavy atom. The monoisotopic (exact) mass is 333 g/mol. The standard InChI is InChI=1S/C17H19NO4S/c1-22-10-13-12-4-2-3-5-14(12)23-16(13)17(21)18(9-15(19)20)8-11-6-7-11/h2-5,11H,6-10H2,1H3,(H,19,20). The Morgan fingerprint density at radius 1 is 1.35 bits per heavy atom. The minimum Gasteiger partial charge on any atom is -0.480 e. The molecule has 2 aromatic rings. The molecule has 23 heavy (non-hydrogen) atoms. The van der Waals surface area contributed by atoms with Crippen LogP contribution in [0.1, 0.15) is 28.1 Å². The largest absolute Gasteiger partial charge is 0.480 e.